The van der Waals surface area contributed by atoms with Gasteiger partial charge in [0.25, 0.3) is 5.56 Å². The fourth-order valence-electron chi connectivity index (χ4n) is 1.39. The van der Waals surface area contributed by atoms with Gasteiger partial charge in [0.2, 0.25) is 11.8 Å². The van der Waals surface area contributed by atoms with E-state index in [2.05, 4.69) is 10.2 Å². The van der Waals surface area contributed by atoms with Gasteiger partial charge in [0.1, 0.15) is 6.54 Å². The summed E-state index contributed by atoms with van der Waals surface area (Å²) < 4.78 is 7.62. The minimum Gasteiger partial charge on any atom is -0.423 e. The van der Waals surface area contributed by atoms with Crippen molar-refractivity contribution >= 4 is 0 Å². The van der Waals surface area contributed by atoms with Crippen LogP contribution >= 0.6 is 0 Å². The standard InChI is InChI=1S/C10H12N4O3/c1-3-7-11-12-8(17-7)6-14-9(15)4-5-13(2)10(14)16/h4-5H,3,6H2,1-2H3. The lowest BCUT2D eigenvalue weighted by Gasteiger charge is -2.02. The summed E-state index contributed by atoms with van der Waals surface area (Å²) in [5, 5.41) is 7.54. The van der Waals surface area contributed by atoms with Gasteiger partial charge < -0.3 is 8.98 Å². The Kier molecular flexibility index (Phi) is 2.90. The molecule has 0 atom stereocenters. The summed E-state index contributed by atoms with van der Waals surface area (Å²) in [5.41, 5.74) is -0.793. The van der Waals surface area contributed by atoms with E-state index in [0.717, 1.165) is 4.57 Å². The molecule has 0 spiro atoms. The van der Waals surface area contributed by atoms with Crippen LogP contribution in [0.4, 0.5) is 0 Å². The number of aryl methyl sites for hydroxylation is 2. The molecule has 17 heavy (non-hydrogen) atoms. The largest absolute Gasteiger partial charge is 0.423 e. The van der Waals surface area contributed by atoms with E-state index < -0.39 is 5.69 Å². The Labute approximate surface area is 96.3 Å². The van der Waals surface area contributed by atoms with Gasteiger partial charge in [0, 0.05) is 25.7 Å². The smallest absolute Gasteiger partial charge is 0.331 e. The molecule has 2 heterocycles. The Bertz CT molecular complexity index is 637. The minimum atomic E-state index is -0.409. The first-order chi connectivity index (χ1) is 8.11. The van der Waals surface area contributed by atoms with Crippen molar-refractivity contribution in [3.8, 4) is 0 Å². The Hall–Kier alpha value is -2.18. The molecule has 0 aliphatic carbocycles. The van der Waals surface area contributed by atoms with Gasteiger partial charge in [-0.3, -0.25) is 9.36 Å². The Morgan fingerprint density at radius 2 is 2.00 bits per heavy atom. The lowest BCUT2D eigenvalue weighted by Crippen LogP contribution is -2.38. The zero-order chi connectivity index (χ0) is 12.4. The fourth-order valence-corrected chi connectivity index (χ4v) is 1.39. The molecule has 0 aliphatic heterocycles. The molecule has 2 aromatic rings. The molecule has 0 fully saturated rings. The van der Waals surface area contributed by atoms with Crippen LogP contribution in [0.15, 0.2) is 26.3 Å². The molecule has 2 aromatic heterocycles. The molecule has 0 aromatic carbocycles. The lowest BCUT2D eigenvalue weighted by molar-refractivity contribution is 0.433. The van der Waals surface area contributed by atoms with Crippen molar-refractivity contribution in [3.63, 3.8) is 0 Å². The van der Waals surface area contributed by atoms with Gasteiger partial charge in [-0.05, 0) is 0 Å². The first-order valence-corrected chi connectivity index (χ1v) is 5.19. The molecule has 0 unspecified atom stereocenters. The second-order valence-electron chi connectivity index (χ2n) is 3.58. The topological polar surface area (TPSA) is 82.9 Å². The number of rotatable bonds is 3. The Morgan fingerprint density at radius 1 is 1.29 bits per heavy atom. The maximum Gasteiger partial charge on any atom is 0.331 e. The van der Waals surface area contributed by atoms with Crippen LogP contribution in [0.25, 0.3) is 0 Å². The SMILES string of the molecule is CCc1nnc(Cn2c(=O)ccn(C)c2=O)o1. The molecule has 0 radical (unpaired) electrons. The molecule has 0 saturated heterocycles. The third-order valence-corrected chi connectivity index (χ3v) is 2.34. The van der Waals surface area contributed by atoms with E-state index in [1.165, 1.54) is 16.8 Å². The van der Waals surface area contributed by atoms with Crippen molar-refractivity contribution in [1.29, 1.82) is 0 Å². The third-order valence-electron chi connectivity index (χ3n) is 2.34. The Balaban J connectivity index is 2.39. The van der Waals surface area contributed by atoms with E-state index in [9.17, 15) is 9.59 Å². The first-order valence-electron chi connectivity index (χ1n) is 5.19. The highest BCUT2D eigenvalue weighted by atomic mass is 16.4. The predicted molar refractivity (Wildman–Crippen MR) is 58.7 cm³/mol. The molecule has 0 aliphatic rings. The maximum atomic E-state index is 11.7. The van der Waals surface area contributed by atoms with Crippen LogP contribution in [-0.4, -0.2) is 19.3 Å². The molecule has 0 N–H and O–H groups in total. The minimum absolute atomic E-state index is 0.000648. The highest BCUT2D eigenvalue weighted by Gasteiger charge is 2.09. The number of hydrogen-bond acceptors (Lipinski definition) is 5. The van der Waals surface area contributed by atoms with Gasteiger partial charge in [-0.15, -0.1) is 10.2 Å². The average Bonchev–Trinajstić information content (AvgIpc) is 2.77. The van der Waals surface area contributed by atoms with E-state index in [1.807, 2.05) is 6.92 Å². The van der Waals surface area contributed by atoms with Gasteiger partial charge in [0.05, 0.1) is 0 Å². The van der Waals surface area contributed by atoms with Crippen molar-refractivity contribution in [2.45, 2.75) is 19.9 Å². The normalized spacial score (nSPS) is 10.7. The fraction of sp³-hybridized carbons (Fsp3) is 0.400. The molecule has 7 nitrogen and oxygen atoms in total. The van der Waals surface area contributed by atoms with E-state index in [-0.39, 0.29) is 18.0 Å². The average molecular weight is 236 g/mol. The zero-order valence-electron chi connectivity index (χ0n) is 9.58. The van der Waals surface area contributed by atoms with Gasteiger partial charge in [-0.2, -0.15) is 0 Å². The summed E-state index contributed by atoms with van der Waals surface area (Å²) in [6.07, 6.45) is 2.04. The van der Waals surface area contributed by atoms with Crippen LogP contribution in [0.5, 0.6) is 0 Å². The quantitative estimate of drug-likeness (QED) is 0.720. The predicted octanol–water partition coefficient (Wildman–Crippen LogP) is -0.459. The molecule has 0 bridgehead atoms. The van der Waals surface area contributed by atoms with Crippen LogP contribution in [0.1, 0.15) is 18.7 Å². The van der Waals surface area contributed by atoms with E-state index in [4.69, 9.17) is 4.42 Å². The van der Waals surface area contributed by atoms with Crippen molar-refractivity contribution in [2.24, 2.45) is 7.05 Å². The van der Waals surface area contributed by atoms with Crippen LogP contribution in [0, 0.1) is 0 Å². The monoisotopic (exact) mass is 236 g/mol. The van der Waals surface area contributed by atoms with E-state index >= 15 is 0 Å². The van der Waals surface area contributed by atoms with Crippen LogP contribution in [0.3, 0.4) is 0 Å². The highest BCUT2D eigenvalue weighted by Crippen LogP contribution is 2.00. The van der Waals surface area contributed by atoms with Crippen LogP contribution < -0.4 is 11.2 Å². The van der Waals surface area contributed by atoms with E-state index in [0.29, 0.717) is 12.3 Å². The summed E-state index contributed by atoms with van der Waals surface area (Å²) in [6.45, 7) is 1.88. The van der Waals surface area contributed by atoms with Gasteiger partial charge >= 0.3 is 5.69 Å². The number of hydrogen-bond donors (Lipinski definition) is 0. The molecular formula is C10H12N4O3. The first kappa shape index (κ1) is 11.3. The molecule has 2 rings (SSSR count). The summed E-state index contributed by atoms with van der Waals surface area (Å²) in [5.74, 6) is 0.744. The van der Waals surface area contributed by atoms with Crippen molar-refractivity contribution in [2.75, 3.05) is 0 Å². The summed E-state index contributed by atoms with van der Waals surface area (Å²) in [7, 11) is 1.57. The van der Waals surface area contributed by atoms with Crippen LogP contribution in [0.2, 0.25) is 0 Å². The lowest BCUT2D eigenvalue weighted by atomic mass is 10.5. The molecule has 90 valence electrons. The number of aromatic nitrogens is 4. The molecule has 0 amide bonds. The third kappa shape index (κ3) is 2.17. The Morgan fingerprint density at radius 3 is 2.65 bits per heavy atom. The van der Waals surface area contributed by atoms with Gasteiger partial charge in [-0.25, -0.2) is 4.79 Å². The van der Waals surface area contributed by atoms with E-state index in [1.54, 1.807) is 7.05 Å². The summed E-state index contributed by atoms with van der Waals surface area (Å²) >= 11 is 0. The molecule has 0 saturated carbocycles. The molecular weight excluding hydrogens is 224 g/mol. The molecule has 7 heteroatoms. The van der Waals surface area contributed by atoms with Crippen LogP contribution in [-0.2, 0) is 20.0 Å². The van der Waals surface area contributed by atoms with Gasteiger partial charge in [0.15, 0.2) is 0 Å². The van der Waals surface area contributed by atoms with Crippen molar-refractivity contribution < 1.29 is 4.42 Å². The number of nitrogens with zero attached hydrogens (tertiary/aromatic N) is 4. The second-order valence-corrected chi connectivity index (χ2v) is 3.58. The maximum absolute atomic E-state index is 11.7. The van der Waals surface area contributed by atoms with Crippen molar-refractivity contribution in [3.05, 3.63) is 44.9 Å². The van der Waals surface area contributed by atoms with Gasteiger partial charge in [-0.1, -0.05) is 6.92 Å². The second kappa shape index (κ2) is 4.36. The summed E-state index contributed by atoms with van der Waals surface area (Å²) in [4.78, 5) is 23.2. The van der Waals surface area contributed by atoms with Crippen molar-refractivity contribution in [1.82, 2.24) is 19.3 Å². The summed E-state index contributed by atoms with van der Waals surface area (Å²) in [6, 6.07) is 1.32. The zero-order valence-corrected chi connectivity index (χ0v) is 9.58. The highest BCUT2D eigenvalue weighted by molar-refractivity contribution is 4.89.